The first kappa shape index (κ1) is 15.9. The summed E-state index contributed by atoms with van der Waals surface area (Å²) in [4.78, 5) is 0. The summed E-state index contributed by atoms with van der Waals surface area (Å²) in [6.07, 6.45) is 8.03. The molecule has 0 amide bonds. The zero-order chi connectivity index (χ0) is 12.7. The normalized spacial score (nSPS) is 24.0. The van der Waals surface area contributed by atoms with Crippen molar-refractivity contribution < 1.29 is 0 Å². The van der Waals surface area contributed by atoms with Crippen LogP contribution in [0.2, 0.25) is 0 Å². The summed E-state index contributed by atoms with van der Waals surface area (Å²) in [5.74, 6) is 0. The average Bonchev–Trinajstić information content (AvgIpc) is 2.39. The number of rotatable bonds is 0. The third-order valence-corrected chi connectivity index (χ3v) is 3.37. The Kier molecular flexibility index (Phi) is 11.7. The molecule has 4 nitrogen and oxygen atoms in total. The Morgan fingerprint density at radius 1 is 0.278 bits per heavy atom. The van der Waals surface area contributed by atoms with Crippen LogP contribution in [0.1, 0.15) is 38.5 Å². The third kappa shape index (κ3) is 11.0. The molecule has 0 aromatic rings. The van der Waals surface area contributed by atoms with Crippen LogP contribution in [0.25, 0.3) is 0 Å². The van der Waals surface area contributed by atoms with E-state index in [9.17, 15) is 0 Å². The molecule has 1 saturated heterocycles. The molecule has 0 spiro atoms. The Labute approximate surface area is 113 Å². The van der Waals surface area contributed by atoms with Crippen LogP contribution in [0.3, 0.4) is 0 Å². The fourth-order valence-corrected chi connectivity index (χ4v) is 2.22. The van der Waals surface area contributed by atoms with E-state index in [0.29, 0.717) is 0 Å². The predicted molar refractivity (Wildman–Crippen MR) is 79.2 cm³/mol. The van der Waals surface area contributed by atoms with E-state index in [0.717, 1.165) is 39.3 Å². The fourth-order valence-electron chi connectivity index (χ4n) is 2.22. The van der Waals surface area contributed by atoms with Gasteiger partial charge in [0.05, 0.1) is 0 Å². The van der Waals surface area contributed by atoms with Gasteiger partial charge in [0.15, 0.2) is 0 Å². The topological polar surface area (TPSA) is 48.1 Å². The molecule has 4 N–H and O–H groups in total. The fraction of sp³-hybridized carbons (Fsp3) is 1.00. The largest absolute Gasteiger partial charge is 0.315 e. The van der Waals surface area contributed by atoms with Crippen molar-refractivity contribution in [2.45, 2.75) is 38.5 Å². The molecule has 0 bridgehead atoms. The Morgan fingerprint density at radius 2 is 0.611 bits per heavy atom. The van der Waals surface area contributed by atoms with Gasteiger partial charge in [-0.1, -0.05) is 19.3 Å². The lowest BCUT2D eigenvalue weighted by molar-refractivity contribution is 0.524. The van der Waals surface area contributed by atoms with E-state index < -0.39 is 0 Å². The summed E-state index contributed by atoms with van der Waals surface area (Å²) in [7, 11) is 0. The lowest BCUT2D eigenvalue weighted by Crippen LogP contribution is -2.32. The molecule has 1 fully saturated rings. The van der Waals surface area contributed by atoms with Gasteiger partial charge in [0, 0.05) is 26.2 Å². The molecule has 1 rings (SSSR count). The summed E-state index contributed by atoms with van der Waals surface area (Å²) >= 11 is 0. The van der Waals surface area contributed by atoms with Gasteiger partial charge < -0.3 is 21.3 Å². The van der Waals surface area contributed by atoms with Crippen molar-refractivity contribution in [2.24, 2.45) is 0 Å². The van der Waals surface area contributed by atoms with Crippen LogP contribution >= 0.6 is 0 Å². The molecule has 1 aliphatic rings. The molecule has 0 aliphatic carbocycles. The SMILES string of the molecule is C1CCCNCCNCCCNCCNCCC1. The van der Waals surface area contributed by atoms with Crippen molar-refractivity contribution in [3.63, 3.8) is 0 Å². The molecule has 0 aromatic heterocycles. The van der Waals surface area contributed by atoms with Crippen molar-refractivity contribution in [2.75, 3.05) is 52.4 Å². The highest BCUT2D eigenvalue weighted by Crippen LogP contribution is 2.01. The molecule has 0 unspecified atom stereocenters. The van der Waals surface area contributed by atoms with E-state index in [2.05, 4.69) is 21.3 Å². The van der Waals surface area contributed by atoms with Crippen LogP contribution in [0.4, 0.5) is 0 Å². The van der Waals surface area contributed by atoms with E-state index in [1.54, 1.807) is 0 Å². The van der Waals surface area contributed by atoms with Crippen molar-refractivity contribution in [1.29, 1.82) is 0 Å². The quantitative estimate of drug-likeness (QED) is 0.515. The molecule has 1 heterocycles. The molecule has 0 aromatic carbocycles. The van der Waals surface area contributed by atoms with Gasteiger partial charge in [-0.05, 0) is 45.4 Å². The van der Waals surface area contributed by atoms with Crippen molar-refractivity contribution >= 4 is 0 Å². The first-order valence-electron chi connectivity index (χ1n) is 7.83. The van der Waals surface area contributed by atoms with Crippen molar-refractivity contribution in [3.8, 4) is 0 Å². The number of nitrogens with one attached hydrogen (secondary N) is 4. The lowest BCUT2D eigenvalue weighted by Gasteiger charge is -2.09. The minimum Gasteiger partial charge on any atom is -0.315 e. The Bertz CT molecular complexity index is 88.8. The summed E-state index contributed by atoms with van der Waals surface area (Å²) < 4.78 is 0. The highest BCUT2D eigenvalue weighted by atomic mass is 15.0. The van der Waals surface area contributed by atoms with Crippen LogP contribution in [-0.2, 0) is 0 Å². The van der Waals surface area contributed by atoms with Crippen LogP contribution in [-0.4, -0.2) is 52.4 Å². The molecule has 18 heavy (non-hydrogen) atoms. The molecular weight excluding hydrogens is 224 g/mol. The van der Waals surface area contributed by atoms with Crippen LogP contribution in [0.5, 0.6) is 0 Å². The first-order valence-corrected chi connectivity index (χ1v) is 7.83. The summed E-state index contributed by atoms with van der Waals surface area (Å²) in [5, 5.41) is 13.9. The van der Waals surface area contributed by atoms with Crippen LogP contribution < -0.4 is 21.3 Å². The maximum absolute atomic E-state index is 3.50. The van der Waals surface area contributed by atoms with Gasteiger partial charge in [-0.15, -0.1) is 0 Å². The van der Waals surface area contributed by atoms with Gasteiger partial charge >= 0.3 is 0 Å². The Morgan fingerprint density at radius 3 is 1.06 bits per heavy atom. The van der Waals surface area contributed by atoms with E-state index >= 15 is 0 Å². The number of hydrogen-bond acceptors (Lipinski definition) is 4. The molecule has 0 atom stereocenters. The van der Waals surface area contributed by atoms with Crippen molar-refractivity contribution in [1.82, 2.24) is 21.3 Å². The maximum atomic E-state index is 3.50. The van der Waals surface area contributed by atoms with E-state index in [-0.39, 0.29) is 0 Å². The van der Waals surface area contributed by atoms with E-state index in [4.69, 9.17) is 0 Å². The van der Waals surface area contributed by atoms with Gasteiger partial charge in [0.25, 0.3) is 0 Å². The summed E-state index contributed by atoms with van der Waals surface area (Å²) in [6, 6.07) is 0. The number of hydrogen-bond donors (Lipinski definition) is 4. The second-order valence-electron chi connectivity index (χ2n) is 5.12. The molecule has 1 aliphatic heterocycles. The second-order valence-corrected chi connectivity index (χ2v) is 5.12. The van der Waals surface area contributed by atoms with Crippen LogP contribution in [0.15, 0.2) is 0 Å². The first-order chi connectivity index (χ1) is 9.00. The molecule has 108 valence electrons. The standard InChI is InChI=1S/C14H32N4/c1-2-4-7-15-11-13-17-9-6-10-18-14-12-16-8-5-3-1/h15-18H,1-14H2. The van der Waals surface area contributed by atoms with E-state index in [1.165, 1.54) is 51.6 Å². The van der Waals surface area contributed by atoms with Gasteiger partial charge in [0.2, 0.25) is 0 Å². The smallest absolute Gasteiger partial charge is 0.00767 e. The predicted octanol–water partition coefficient (Wildman–Crippen LogP) is 0.699. The zero-order valence-electron chi connectivity index (χ0n) is 11.9. The molecular formula is C14H32N4. The summed E-state index contributed by atoms with van der Waals surface area (Å²) in [5.41, 5.74) is 0. The second kappa shape index (κ2) is 13.3. The van der Waals surface area contributed by atoms with Crippen molar-refractivity contribution in [3.05, 3.63) is 0 Å². The highest BCUT2D eigenvalue weighted by Gasteiger charge is 1.94. The molecule has 4 heteroatoms. The molecule has 0 saturated carbocycles. The minimum absolute atomic E-state index is 1.10. The van der Waals surface area contributed by atoms with Crippen LogP contribution in [0, 0.1) is 0 Å². The Balaban J connectivity index is 2.00. The Hall–Kier alpha value is -0.160. The molecule has 0 radical (unpaired) electrons. The lowest BCUT2D eigenvalue weighted by atomic mass is 10.1. The summed E-state index contributed by atoms with van der Waals surface area (Å²) in [6.45, 7) is 9.03. The van der Waals surface area contributed by atoms with Gasteiger partial charge in [0.1, 0.15) is 0 Å². The average molecular weight is 256 g/mol. The monoisotopic (exact) mass is 256 g/mol. The third-order valence-electron chi connectivity index (χ3n) is 3.37. The van der Waals surface area contributed by atoms with Gasteiger partial charge in [-0.25, -0.2) is 0 Å². The minimum atomic E-state index is 1.10. The van der Waals surface area contributed by atoms with Gasteiger partial charge in [-0.2, -0.15) is 0 Å². The maximum Gasteiger partial charge on any atom is 0.00767 e. The van der Waals surface area contributed by atoms with E-state index in [1.807, 2.05) is 0 Å². The zero-order valence-corrected chi connectivity index (χ0v) is 11.9. The highest BCUT2D eigenvalue weighted by molar-refractivity contribution is 4.57. The van der Waals surface area contributed by atoms with Gasteiger partial charge in [-0.3, -0.25) is 0 Å².